The van der Waals surface area contributed by atoms with Gasteiger partial charge in [-0.2, -0.15) is 0 Å². The summed E-state index contributed by atoms with van der Waals surface area (Å²) in [6.07, 6.45) is 27.1. The second-order valence-electron chi connectivity index (χ2n) is 11.6. The van der Waals surface area contributed by atoms with Crippen LogP contribution in [0.5, 0.6) is 0 Å². The van der Waals surface area contributed by atoms with Gasteiger partial charge in [0.1, 0.15) is 0 Å². The smallest absolute Gasteiger partial charge is 0.376 e. The second-order valence-corrected chi connectivity index (χ2v) is 17.2. The van der Waals surface area contributed by atoms with Gasteiger partial charge in [-0.3, -0.25) is 9.50 Å². The first-order chi connectivity index (χ1) is 20.8. The Morgan fingerprint density at radius 1 is 0.636 bits per heavy atom. The Bertz CT molecular complexity index is 1120. The Balaban J connectivity index is 0.000000667. The van der Waals surface area contributed by atoms with E-state index in [1.54, 1.807) is 11.1 Å². The van der Waals surface area contributed by atoms with Crippen LogP contribution in [0, 0.1) is 0 Å². The molecule has 1 radical (unpaired) electrons. The number of fused-ring (bicyclic) bond motifs is 5. The van der Waals surface area contributed by atoms with E-state index in [1.807, 2.05) is 0 Å². The molecule has 0 heterocycles. The van der Waals surface area contributed by atoms with Gasteiger partial charge >= 0.3 is 6.73 Å². The minimum atomic E-state index is -1.46. The maximum absolute atomic E-state index is 9.00. The molecule has 1 aliphatic rings. The van der Waals surface area contributed by atoms with Crippen LogP contribution in [-0.4, -0.2) is 17.8 Å². The summed E-state index contributed by atoms with van der Waals surface area (Å²) in [7, 11) is 0. The molecule has 0 aliphatic heterocycles. The molecule has 0 atom stereocenters. The fourth-order valence-corrected chi connectivity index (χ4v) is 5.79. The third kappa shape index (κ3) is 19.9. The summed E-state index contributed by atoms with van der Waals surface area (Å²) in [5.74, 6) is -0.833. The minimum absolute atomic E-state index is 0. The average Bonchev–Trinajstić information content (AvgIpc) is 2.99. The van der Waals surface area contributed by atoms with E-state index < -0.39 is 12.7 Å². The van der Waals surface area contributed by atoms with Crippen LogP contribution in [0.15, 0.2) is 48.5 Å². The largest absolute Gasteiger partial charge is 0.481 e. The van der Waals surface area contributed by atoms with Gasteiger partial charge < -0.3 is 5.11 Å². The first-order valence-corrected chi connectivity index (χ1v) is 21.3. The number of benzene rings is 3. The number of carboxylic acid groups (broad SMARTS) is 1. The lowest BCUT2D eigenvalue weighted by Crippen LogP contribution is -2.02. The number of aliphatic carboxylic acids is 1. The topological polar surface area (TPSA) is 37.3 Å². The van der Waals surface area contributed by atoms with Gasteiger partial charge in [0.25, 0.3) is 5.97 Å². The Morgan fingerprint density at radius 2 is 1.05 bits per heavy atom. The van der Waals surface area contributed by atoms with Crippen molar-refractivity contribution in [1.82, 2.24) is 0 Å². The zero-order valence-corrected chi connectivity index (χ0v) is 30.7. The predicted molar refractivity (Wildman–Crippen MR) is 198 cm³/mol. The fourth-order valence-electron chi connectivity index (χ4n) is 5.79. The van der Waals surface area contributed by atoms with Gasteiger partial charge in [-0.1, -0.05) is 159 Å². The molecule has 0 saturated heterocycles. The van der Waals surface area contributed by atoms with Crippen LogP contribution in [0.2, 0.25) is 0 Å². The SMILES string of the molecule is CC(=O)O.CCCCCCCCCCCCCCCCC.Cl[Si](Cl)Cl.F.c1ccc2c(c1)ccc1c3c(ccc12)CCCC3. The third-order valence-corrected chi connectivity index (χ3v) is 7.96. The molecule has 249 valence electrons. The highest BCUT2D eigenvalue weighted by molar-refractivity contribution is 7.54. The van der Waals surface area contributed by atoms with E-state index in [-0.39, 0.29) is 4.70 Å². The van der Waals surface area contributed by atoms with Crippen molar-refractivity contribution in [3.8, 4) is 0 Å². The van der Waals surface area contributed by atoms with E-state index in [0.29, 0.717) is 0 Å². The number of carboxylic acids is 1. The van der Waals surface area contributed by atoms with E-state index in [2.05, 4.69) is 62.4 Å². The normalized spacial score (nSPS) is 11.7. The number of aryl methyl sites for hydroxylation is 2. The lowest BCUT2D eigenvalue weighted by Gasteiger charge is -2.18. The Labute approximate surface area is 283 Å². The van der Waals surface area contributed by atoms with Crippen molar-refractivity contribution >= 4 is 67.5 Å². The molecular formula is C37H57Cl3FO2Si. The molecule has 0 aromatic heterocycles. The van der Waals surface area contributed by atoms with E-state index in [9.17, 15) is 0 Å². The molecule has 0 unspecified atom stereocenters. The highest BCUT2D eigenvalue weighted by atomic mass is 35.8. The summed E-state index contributed by atoms with van der Waals surface area (Å²) in [4.78, 5) is 9.00. The van der Waals surface area contributed by atoms with E-state index in [4.69, 9.17) is 43.1 Å². The maximum Gasteiger partial charge on any atom is 0.376 e. The lowest BCUT2D eigenvalue weighted by molar-refractivity contribution is -0.134. The monoisotopic (exact) mass is 685 g/mol. The molecule has 4 rings (SSSR count). The van der Waals surface area contributed by atoms with Crippen LogP contribution in [-0.2, 0) is 17.6 Å². The number of carbonyl (C=O) groups is 1. The van der Waals surface area contributed by atoms with Gasteiger partial charge in [0, 0.05) is 6.92 Å². The summed E-state index contributed by atoms with van der Waals surface area (Å²) in [5, 5.41) is 13.1. The summed E-state index contributed by atoms with van der Waals surface area (Å²) in [5.41, 5.74) is 3.17. The highest BCUT2D eigenvalue weighted by Crippen LogP contribution is 2.33. The fraction of sp³-hybridized carbons (Fsp3) is 0.595. The van der Waals surface area contributed by atoms with Gasteiger partial charge in [-0.05, 0) is 58.4 Å². The van der Waals surface area contributed by atoms with Crippen molar-refractivity contribution in [2.75, 3.05) is 0 Å². The molecule has 0 saturated carbocycles. The first kappa shape index (κ1) is 42.7. The number of unbranched alkanes of at least 4 members (excludes halogenated alkanes) is 14. The predicted octanol–water partition coefficient (Wildman–Crippen LogP) is 13.7. The molecule has 3 aromatic carbocycles. The minimum Gasteiger partial charge on any atom is -0.481 e. The molecule has 7 heteroatoms. The molecule has 3 aromatic rings. The molecule has 0 fully saturated rings. The highest BCUT2D eigenvalue weighted by Gasteiger charge is 2.13. The van der Waals surface area contributed by atoms with Gasteiger partial charge in [-0.15, -0.1) is 33.2 Å². The molecule has 1 N–H and O–H groups in total. The molecule has 0 bridgehead atoms. The van der Waals surface area contributed by atoms with Crippen LogP contribution in [0.3, 0.4) is 0 Å². The van der Waals surface area contributed by atoms with Gasteiger partial charge in [0.05, 0.1) is 0 Å². The summed E-state index contributed by atoms with van der Waals surface area (Å²) >= 11 is 14.7. The third-order valence-electron chi connectivity index (χ3n) is 7.96. The van der Waals surface area contributed by atoms with Crippen LogP contribution in [0.1, 0.15) is 141 Å². The molecule has 0 amide bonds. The van der Waals surface area contributed by atoms with Crippen molar-refractivity contribution < 1.29 is 14.6 Å². The molecule has 0 spiro atoms. The number of rotatable bonds is 14. The number of hydrogen-bond acceptors (Lipinski definition) is 1. The molecule has 44 heavy (non-hydrogen) atoms. The lowest BCUT2D eigenvalue weighted by atomic mass is 9.86. The number of hydrogen-bond donors (Lipinski definition) is 1. The van der Waals surface area contributed by atoms with Crippen LogP contribution in [0.4, 0.5) is 4.70 Å². The van der Waals surface area contributed by atoms with Crippen LogP contribution in [0.25, 0.3) is 21.5 Å². The van der Waals surface area contributed by atoms with Crippen LogP contribution >= 0.6 is 33.2 Å². The summed E-state index contributed by atoms with van der Waals surface area (Å²) < 4.78 is 0. The van der Waals surface area contributed by atoms with Gasteiger partial charge in [0.2, 0.25) is 0 Å². The van der Waals surface area contributed by atoms with Crippen molar-refractivity contribution in [3.63, 3.8) is 0 Å². The quantitative estimate of drug-likeness (QED) is 0.0793. The molecular weight excluding hydrogens is 630 g/mol. The zero-order valence-electron chi connectivity index (χ0n) is 27.5. The van der Waals surface area contributed by atoms with Crippen molar-refractivity contribution in [2.24, 2.45) is 0 Å². The maximum atomic E-state index is 9.00. The first-order valence-electron chi connectivity index (χ1n) is 16.8. The summed E-state index contributed by atoms with van der Waals surface area (Å²) in [6.45, 7) is 4.20. The van der Waals surface area contributed by atoms with Gasteiger partial charge in [-0.25, -0.2) is 0 Å². The van der Waals surface area contributed by atoms with Crippen molar-refractivity contribution in [1.29, 1.82) is 0 Å². The van der Waals surface area contributed by atoms with Gasteiger partial charge in [0.15, 0.2) is 0 Å². The van der Waals surface area contributed by atoms with Crippen molar-refractivity contribution in [3.05, 3.63) is 59.7 Å². The second kappa shape index (κ2) is 27.9. The Kier molecular flexibility index (Phi) is 27.1. The zero-order chi connectivity index (χ0) is 31.7. The Morgan fingerprint density at radius 3 is 1.52 bits per heavy atom. The molecule has 1 aliphatic carbocycles. The number of halogens is 4. The van der Waals surface area contributed by atoms with Crippen LogP contribution < -0.4 is 0 Å². The van der Waals surface area contributed by atoms with Crippen molar-refractivity contribution in [2.45, 2.75) is 143 Å². The van der Waals surface area contributed by atoms with E-state index >= 15 is 0 Å². The Hall–Kier alpha value is -1.33. The average molecular weight is 687 g/mol. The standard InChI is InChI=1S/C18H16.C17H36.C2H4O2.Cl3Si.FH/c1-3-7-15-13(5-1)9-11-18-16-8-4-2-6-14(16)10-12-17(15)18;1-3-5-7-9-11-13-15-17-16-14-12-10-8-6-4-2;1-2(3)4;1-4(2)3;/h1,3,5,7,9-12H,2,4,6,8H2;3-17H2,1-2H3;1H3,(H,3,4);;1H. The van der Waals surface area contributed by atoms with E-state index in [0.717, 1.165) is 6.92 Å². The summed E-state index contributed by atoms with van der Waals surface area (Å²) in [6, 6.07) is 18.0. The molecule has 2 nitrogen and oxygen atoms in total. The van der Waals surface area contributed by atoms with E-state index in [1.165, 1.54) is 144 Å².